The fourth-order valence-electron chi connectivity index (χ4n) is 3.19. The molecule has 0 unspecified atom stereocenters. The first-order valence-electron chi connectivity index (χ1n) is 8.78. The van der Waals surface area contributed by atoms with E-state index in [9.17, 15) is 14.9 Å². The molecule has 0 atom stereocenters. The third-order valence-electron chi connectivity index (χ3n) is 4.57. The number of nitro groups is 1. The Bertz CT molecular complexity index is 1020. The summed E-state index contributed by atoms with van der Waals surface area (Å²) < 4.78 is 0.777. The Balaban J connectivity index is 1.48. The smallest absolute Gasteiger partial charge is 0.270 e. The number of carbonyl (C=O) groups is 1. The van der Waals surface area contributed by atoms with Crippen LogP contribution in [0.1, 0.15) is 24.8 Å². The van der Waals surface area contributed by atoms with Crippen molar-refractivity contribution in [3.05, 3.63) is 58.1 Å². The first kappa shape index (κ1) is 17.4. The van der Waals surface area contributed by atoms with Crippen molar-refractivity contribution >= 4 is 44.0 Å². The SMILES string of the molecule is O=C1CCCCN1c1cccc(CNc2nc3ccc([N+](=O)[O-])cc3s2)c1. The van der Waals surface area contributed by atoms with Crippen molar-refractivity contribution in [1.29, 1.82) is 0 Å². The van der Waals surface area contributed by atoms with E-state index in [2.05, 4.69) is 10.3 Å². The number of hydrogen-bond donors (Lipinski definition) is 1. The van der Waals surface area contributed by atoms with E-state index in [1.54, 1.807) is 12.1 Å². The van der Waals surface area contributed by atoms with Crippen LogP contribution < -0.4 is 10.2 Å². The molecule has 7 nitrogen and oxygen atoms in total. The molecule has 0 aliphatic carbocycles. The van der Waals surface area contributed by atoms with Crippen LogP contribution in [0.25, 0.3) is 10.2 Å². The maximum absolute atomic E-state index is 12.1. The lowest BCUT2D eigenvalue weighted by molar-refractivity contribution is -0.384. The zero-order valence-electron chi connectivity index (χ0n) is 14.6. The molecule has 1 aromatic heterocycles. The summed E-state index contributed by atoms with van der Waals surface area (Å²) in [6, 6.07) is 12.6. The van der Waals surface area contributed by atoms with Gasteiger partial charge in [0.2, 0.25) is 5.91 Å². The van der Waals surface area contributed by atoms with Gasteiger partial charge in [-0.05, 0) is 36.6 Å². The molecule has 0 spiro atoms. The number of fused-ring (bicyclic) bond motifs is 1. The molecule has 0 radical (unpaired) electrons. The number of nitrogens with one attached hydrogen (secondary N) is 1. The molecule has 1 saturated heterocycles. The molecule has 1 fully saturated rings. The Morgan fingerprint density at radius 3 is 2.93 bits per heavy atom. The van der Waals surface area contributed by atoms with E-state index >= 15 is 0 Å². The average Bonchev–Trinajstić information content (AvgIpc) is 3.09. The fraction of sp³-hybridized carbons (Fsp3) is 0.263. The number of aromatic nitrogens is 1. The molecule has 3 aromatic rings. The summed E-state index contributed by atoms with van der Waals surface area (Å²) in [7, 11) is 0. The lowest BCUT2D eigenvalue weighted by Gasteiger charge is -2.27. The van der Waals surface area contributed by atoms with Crippen LogP contribution in [0, 0.1) is 10.1 Å². The van der Waals surface area contributed by atoms with Gasteiger partial charge in [-0.25, -0.2) is 4.98 Å². The van der Waals surface area contributed by atoms with E-state index < -0.39 is 4.92 Å². The number of thiazole rings is 1. The van der Waals surface area contributed by atoms with Gasteiger partial charge >= 0.3 is 0 Å². The van der Waals surface area contributed by atoms with Crippen LogP contribution in [0.5, 0.6) is 0 Å². The third kappa shape index (κ3) is 3.75. The van der Waals surface area contributed by atoms with Crippen LogP contribution in [-0.4, -0.2) is 22.4 Å². The van der Waals surface area contributed by atoms with Crippen molar-refractivity contribution in [1.82, 2.24) is 4.98 Å². The van der Waals surface area contributed by atoms with Gasteiger partial charge in [0.25, 0.3) is 5.69 Å². The largest absolute Gasteiger partial charge is 0.357 e. The molecular formula is C19H18N4O3S. The number of nitro benzene ring substituents is 1. The van der Waals surface area contributed by atoms with E-state index in [1.807, 2.05) is 29.2 Å². The summed E-state index contributed by atoms with van der Waals surface area (Å²) in [4.78, 5) is 28.9. The Hall–Kier alpha value is -3.00. The number of nitrogens with zero attached hydrogens (tertiary/aromatic N) is 3. The number of benzene rings is 2. The zero-order valence-corrected chi connectivity index (χ0v) is 15.4. The molecular weight excluding hydrogens is 364 g/mol. The predicted molar refractivity (Wildman–Crippen MR) is 106 cm³/mol. The number of carbonyl (C=O) groups excluding carboxylic acids is 1. The van der Waals surface area contributed by atoms with Crippen LogP contribution in [0.3, 0.4) is 0 Å². The highest BCUT2D eigenvalue weighted by molar-refractivity contribution is 7.22. The highest BCUT2D eigenvalue weighted by atomic mass is 32.1. The summed E-state index contributed by atoms with van der Waals surface area (Å²) in [6.07, 6.45) is 2.61. The highest BCUT2D eigenvalue weighted by Gasteiger charge is 2.19. The van der Waals surface area contributed by atoms with Crippen LogP contribution in [0.2, 0.25) is 0 Å². The first-order valence-corrected chi connectivity index (χ1v) is 9.60. The molecule has 4 rings (SSSR count). The monoisotopic (exact) mass is 382 g/mol. The molecule has 0 saturated carbocycles. The fourth-order valence-corrected chi connectivity index (χ4v) is 4.09. The molecule has 2 heterocycles. The van der Waals surface area contributed by atoms with Crippen molar-refractivity contribution < 1.29 is 9.72 Å². The summed E-state index contributed by atoms with van der Waals surface area (Å²) in [5.41, 5.74) is 2.78. The Morgan fingerprint density at radius 1 is 1.22 bits per heavy atom. The number of hydrogen-bond acceptors (Lipinski definition) is 6. The topological polar surface area (TPSA) is 88.4 Å². The number of rotatable bonds is 5. The van der Waals surface area contributed by atoms with Gasteiger partial charge in [0.05, 0.1) is 15.1 Å². The molecule has 1 N–H and O–H groups in total. The molecule has 0 bridgehead atoms. The maximum Gasteiger partial charge on any atom is 0.270 e. The highest BCUT2D eigenvalue weighted by Crippen LogP contribution is 2.29. The predicted octanol–water partition coefficient (Wildman–Crippen LogP) is 4.33. The summed E-state index contributed by atoms with van der Waals surface area (Å²) in [6.45, 7) is 1.34. The molecule has 1 aliphatic heterocycles. The molecule has 27 heavy (non-hydrogen) atoms. The minimum absolute atomic E-state index is 0.0663. The Morgan fingerprint density at radius 2 is 2.11 bits per heavy atom. The van der Waals surface area contributed by atoms with Crippen molar-refractivity contribution in [3.63, 3.8) is 0 Å². The van der Waals surface area contributed by atoms with Gasteiger partial charge in [0, 0.05) is 37.3 Å². The van der Waals surface area contributed by atoms with Gasteiger partial charge in [-0.1, -0.05) is 23.5 Å². The maximum atomic E-state index is 12.1. The Labute approximate surface area is 159 Å². The molecule has 2 aromatic carbocycles. The summed E-state index contributed by atoms with van der Waals surface area (Å²) in [5.74, 6) is 0.180. The van der Waals surface area contributed by atoms with Gasteiger partial charge in [-0.3, -0.25) is 14.9 Å². The van der Waals surface area contributed by atoms with E-state index in [-0.39, 0.29) is 11.6 Å². The van der Waals surface area contributed by atoms with Gasteiger partial charge in [0.1, 0.15) is 0 Å². The number of piperidine rings is 1. The molecule has 138 valence electrons. The van der Waals surface area contributed by atoms with Gasteiger partial charge in [-0.2, -0.15) is 0 Å². The normalized spacial score (nSPS) is 14.5. The molecule has 1 amide bonds. The second-order valence-corrected chi connectivity index (χ2v) is 7.48. The lowest BCUT2D eigenvalue weighted by Crippen LogP contribution is -2.35. The number of non-ortho nitro benzene ring substituents is 1. The van der Waals surface area contributed by atoms with Crippen LogP contribution in [-0.2, 0) is 11.3 Å². The minimum Gasteiger partial charge on any atom is -0.357 e. The van der Waals surface area contributed by atoms with Crippen LogP contribution in [0.15, 0.2) is 42.5 Å². The molecule has 1 aliphatic rings. The van der Waals surface area contributed by atoms with Crippen molar-refractivity contribution in [3.8, 4) is 0 Å². The average molecular weight is 382 g/mol. The van der Waals surface area contributed by atoms with Gasteiger partial charge in [0.15, 0.2) is 5.13 Å². The van der Waals surface area contributed by atoms with Gasteiger partial charge in [-0.15, -0.1) is 0 Å². The standard InChI is InChI=1S/C19H18N4O3S/c24-18-6-1-2-9-22(18)14-5-3-4-13(10-14)12-20-19-21-16-8-7-15(23(25)26)11-17(16)27-19/h3-5,7-8,10-11H,1-2,6,9,12H2,(H,20,21). The van der Waals surface area contributed by atoms with Crippen molar-refractivity contribution in [2.45, 2.75) is 25.8 Å². The molecule has 8 heteroatoms. The third-order valence-corrected chi connectivity index (χ3v) is 5.55. The van der Waals surface area contributed by atoms with Crippen LogP contribution >= 0.6 is 11.3 Å². The van der Waals surface area contributed by atoms with Crippen LogP contribution in [0.4, 0.5) is 16.5 Å². The minimum atomic E-state index is -0.403. The quantitative estimate of drug-likeness (QED) is 0.524. The van der Waals surface area contributed by atoms with E-state index in [0.29, 0.717) is 18.1 Å². The lowest BCUT2D eigenvalue weighted by atomic mass is 10.1. The number of anilines is 2. The second kappa shape index (κ2) is 7.32. The van der Waals surface area contributed by atoms with Crippen molar-refractivity contribution in [2.75, 3.05) is 16.8 Å². The number of amides is 1. The van der Waals surface area contributed by atoms with Crippen molar-refractivity contribution in [2.24, 2.45) is 0 Å². The summed E-state index contributed by atoms with van der Waals surface area (Å²) >= 11 is 1.39. The van der Waals surface area contributed by atoms with E-state index in [1.165, 1.54) is 17.4 Å². The first-order chi connectivity index (χ1) is 13.1. The zero-order chi connectivity index (χ0) is 18.8. The van der Waals surface area contributed by atoms with Gasteiger partial charge < -0.3 is 10.2 Å². The van der Waals surface area contributed by atoms with E-state index in [4.69, 9.17) is 0 Å². The summed E-state index contributed by atoms with van der Waals surface area (Å²) in [5, 5.41) is 14.9. The Kier molecular flexibility index (Phi) is 4.72. The van der Waals surface area contributed by atoms with E-state index in [0.717, 1.165) is 40.9 Å². The second-order valence-electron chi connectivity index (χ2n) is 6.45.